The van der Waals surface area contributed by atoms with E-state index in [0.29, 0.717) is 67.3 Å². The summed E-state index contributed by atoms with van der Waals surface area (Å²) in [7, 11) is 0. The third kappa shape index (κ3) is 44.7. The molecule has 0 aliphatic rings. The summed E-state index contributed by atoms with van der Waals surface area (Å²) in [4.78, 5) is 13.4. The molecular weight excluding hydrogens is 977 g/mol. The van der Waals surface area contributed by atoms with Gasteiger partial charge in [0.15, 0.2) is 11.5 Å². The van der Waals surface area contributed by atoms with Gasteiger partial charge in [-0.1, -0.05) is 324 Å². The number of carbonyl (C=O) groups is 1. The van der Waals surface area contributed by atoms with Gasteiger partial charge in [0.05, 0.1) is 44.7 Å². The second-order valence-corrected chi connectivity index (χ2v) is 24.0. The fraction of sp³-hybridized carbons (Fsp3) is 0.875. The van der Waals surface area contributed by atoms with Gasteiger partial charge in [-0.15, -0.1) is 0 Å². The number of carbonyl (C=O) groups excluding carboxylic acids is 1. The van der Waals surface area contributed by atoms with E-state index in [1.54, 1.807) is 6.08 Å². The third-order valence-electron chi connectivity index (χ3n) is 15.8. The number of rotatable bonds is 63. The Morgan fingerprint density at radius 2 is 0.456 bits per heavy atom. The maximum atomic E-state index is 13.4. The third-order valence-corrected chi connectivity index (χ3v) is 15.8. The zero-order chi connectivity index (χ0) is 57.2. The second-order valence-electron chi connectivity index (χ2n) is 24.0. The van der Waals surface area contributed by atoms with Crippen molar-refractivity contribution in [3.63, 3.8) is 0 Å². The van der Waals surface area contributed by atoms with Gasteiger partial charge in [0.2, 0.25) is 17.2 Å². The van der Waals surface area contributed by atoms with E-state index in [1.807, 2.05) is 19.9 Å². The first-order valence-corrected chi connectivity index (χ1v) is 35.2. The molecule has 7 nitrogen and oxygen atoms in total. The molecule has 0 heterocycles. The van der Waals surface area contributed by atoms with Crippen molar-refractivity contribution < 1.29 is 33.2 Å². The van der Waals surface area contributed by atoms with Gasteiger partial charge in [-0.3, -0.25) is 0 Å². The van der Waals surface area contributed by atoms with Gasteiger partial charge in [0.1, 0.15) is 0 Å². The summed E-state index contributed by atoms with van der Waals surface area (Å²) < 4.78 is 40.8. The van der Waals surface area contributed by atoms with Crippen molar-refractivity contribution in [2.75, 3.05) is 33.0 Å². The van der Waals surface area contributed by atoms with Crippen LogP contribution in [-0.2, 0) is 9.53 Å². The lowest BCUT2D eigenvalue weighted by molar-refractivity contribution is -0.141. The van der Waals surface area contributed by atoms with Crippen LogP contribution in [-0.4, -0.2) is 45.1 Å². The quantitative estimate of drug-likeness (QED) is 0.0366. The van der Waals surface area contributed by atoms with E-state index >= 15 is 0 Å². The van der Waals surface area contributed by atoms with Gasteiger partial charge in [-0.25, -0.2) is 4.79 Å². The van der Waals surface area contributed by atoms with Crippen LogP contribution < -0.4 is 23.7 Å². The summed E-state index contributed by atoms with van der Waals surface area (Å²) in [5.41, 5.74) is 0.683. The predicted octanol–water partition coefficient (Wildman–Crippen LogP) is 24.1. The first-order valence-electron chi connectivity index (χ1n) is 35.2. The number of benzene rings is 1. The number of hydrogen-bond donors (Lipinski definition) is 0. The van der Waals surface area contributed by atoms with Gasteiger partial charge in [-0.2, -0.15) is 0 Å². The minimum Gasteiger partial charge on any atom is -0.489 e. The highest BCUT2D eigenvalue weighted by Gasteiger charge is 2.30. The lowest BCUT2D eigenvalue weighted by Crippen LogP contribution is -2.13. The first-order chi connectivity index (χ1) is 38.9. The molecule has 0 spiro atoms. The Morgan fingerprint density at radius 1 is 0.278 bits per heavy atom. The maximum Gasteiger partial charge on any atom is 0.331 e. The Morgan fingerprint density at radius 3 is 0.658 bits per heavy atom. The minimum absolute atomic E-state index is 0.238. The Labute approximate surface area is 492 Å². The smallest absolute Gasteiger partial charge is 0.331 e. The van der Waals surface area contributed by atoms with Crippen LogP contribution >= 0.6 is 0 Å². The van der Waals surface area contributed by atoms with Crippen molar-refractivity contribution in [1.29, 1.82) is 0 Å². The fourth-order valence-corrected chi connectivity index (χ4v) is 10.7. The number of hydrogen-bond acceptors (Lipinski definition) is 7. The van der Waals surface area contributed by atoms with E-state index in [4.69, 9.17) is 28.4 Å². The number of esters is 1. The molecule has 0 saturated heterocycles. The van der Waals surface area contributed by atoms with Crippen LogP contribution in [0.15, 0.2) is 6.08 Å². The topological polar surface area (TPSA) is 72.5 Å². The molecule has 79 heavy (non-hydrogen) atoms. The highest BCUT2D eigenvalue weighted by Crippen LogP contribution is 2.55. The van der Waals surface area contributed by atoms with Crippen LogP contribution in [0.5, 0.6) is 28.7 Å². The molecule has 0 aliphatic heterocycles. The molecule has 0 fully saturated rings. The molecule has 0 unspecified atom stereocenters. The molecule has 464 valence electrons. The summed E-state index contributed by atoms with van der Waals surface area (Å²) in [6.07, 6.45) is 66.0. The molecule has 1 aromatic carbocycles. The molecule has 0 radical (unpaired) electrons. The van der Waals surface area contributed by atoms with E-state index in [1.165, 1.54) is 257 Å². The predicted molar refractivity (Wildman–Crippen MR) is 343 cm³/mol. The van der Waals surface area contributed by atoms with E-state index < -0.39 is 5.97 Å². The average Bonchev–Trinajstić information content (AvgIpc) is 3.51. The van der Waals surface area contributed by atoms with Crippen LogP contribution in [0.1, 0.15) is 375 Å². The molecule has 7 heteroatoms. The Hall–Kier alpha value is -2.57. The highest BCUT2D eigenvalue weighted by atomic mass is 16.6. The van der Waals surface area contributed by atoms with Crippen molar-refractivity contribution in [1.82, 2.24) is 0 Å². The molecule has 0 N–H and O–H groups in total. The molecule has 0 aromatic heterocycles. The monoisotopic (exact) mass is 1110 g/mol. The fourth-order valence-electron chi connectivity index (χ4n) is 10.7. The summed E-state index contributed by atoms with van der Waals surface area (Å²) >= 11 is 0. The van der Waals surface area contributed by atoms with Crippen molar-refractivity contribution in [3.05, 3.63) is 11.6 Å². The van der Waals surface area contributed by atoms with Gasteiger partial charge in [0, 0.05) is 6.08 Å². The highest BCUT2D eigenvalue weighted by molar-refractivity contribution is 5.90. The Kier molecular flexibility index (Phi) is 55.2. The van der Waals surface area contributed by atoms with Gasteiger partial charge >= 0.3 is 5.97 Å². The van der Waals surface area contributed by atoms with E-state index in [9.17, 15) is 4.79 Å². The van der Waals surface area contributed by atoms with Gasteiger partial charge in [-0.05, 0) is 52.0 Å². The standard InChI is InChI=1S/C72H134O7/c1-8-13-18-23-28-33-38-43-48-53-60-74-68-66(58-59-67(73)79-65(6)7)69(75-61-54-49-44-39-34-29-24-19-14-9-2)71(77-63-56-51-46-41-36-31-26-21-16-11-4)72(78-64-57-52-47-42-37-32-27-22-17-12-5)70(68)76-62-55-50-45-40-35-30-25-20-15-10-3/h58-59,65H,8-57,60-64H2,1-7H3. The van der Waals surface area contributed by atoms with Crippen molar-refractivity contribution in [3.8, 4) is 28.7 Å². The van der Waals surface area contributed by atoms with Gasteiger partial charge in [0.25, 0.3) is 0 Å². The maximum absolute atomic E-state index is 13.4. The number of unbranched alkanes of at least 4 members (excludes halogenated alkanes) is 45. The van der Waals surface area contributed by atoms with Crippen LogP contribution in [0.2, 0.25) is 0 Å². The molecule has 0 atom stereocenters. The largest absolute Gasteiger partial charge is 0.489 e. The van der Waals surface area contributed by atoms with E-state index in [-0.39, 0.29) is 6.10 Å². The zero-order valence-corrected chi connectivity index (χ0v) is 54.0. The Balaban J connectivity index is 3.73. The molecule has 0 amide bonds. The summed E-state index contributed by atoms with van der Waals surface area (Å²) in [5.74, 6) is 2.59. The first kappa shape index (κ1) is 74.4. The van der Waals surface area contributed by atoms with Crippen molar-refractivity contribution in [2.24, 2.45) is 0 Å². The van der Waals surface area contributed by atoms with Crippen LogP contribution in [0, 0.1) is 0 Å². The van der Waals surface area contributed by atoms with Crippen molar-refractivity contribution in [2.45, 2.75) is 376 Å². The molecule has 0 bridgehead atoms. The minimum atomic E-state index is -0.391. The average molecular weight is 1110 g/mol. The molecule has 1 aromatic rings. The second kappa shape index (κ2) is 58.6. The van der Waals surface area contributed by atoms with Crippen LogP contribution in [0.3, 0.4) is 0 Å². The zero-order valence-electron chi connectivity index (χ0n) is 54.0. The van der Waals surface area contributed by atoms with Crippen LogP contribution in [0.4, 0.5) is 0 Å². The SMILES string of the molecule is CCCCCCCCCCCCOc1c(C=CC(=O)OC(C)C)c(OCCCCCCCCCCCC)c(OCCCCCCCCCCCC)c(OCCCCCCCCCCCC)c1OCCCCCCCCCCCC. The molecular formula is C72H134O7. The molecule has 0 aliphatic carbocycles. The lowest BCUT2D eigenvalue weighted by Gasteiger charge is -2.25. The Bertz CT molecular complexity index is 1400. The van der Waals surface area contributed by atoms with Crippen molar-refractivity contribution >= 4 is 12.0 Å². The summed E-state index contributed by atoms with van der Waals surface area (Å²) in [6.45, 7) is 18.0. The summed E-state index contributed by atoms with van der Waals surface area (Å²) in [6, 6.07) is 0. The normalized spacial score (nSPS) is 11.6. The lowest BCUT2D eigenvalue weighted by atomic mass is 10.1. The molecule has 1 rings (SSSR count). The van der Waals surface area contributed by atoms with E-state index in [0.717, 1.165) is 64.2 Å². The number of ether oxygens (including phenoxy) is 6. The van der Waals surface area contributed by atoms with E-state index in [2.05, 4.69) is 34.6 Å². The molecule has 0 saturated carbocycles. The summed E-state index contributed by atoms with van der Waals surface area (Å²) in [5, 5.41) is 0. The van der Waals surface area contributed by atoms with Gasteiger partial charge < -0.3 is 28.4 Å². The van der Waals surface area contributed by atoms with Crippen LogP contribution in [0.25, 0.3) is 6.08 Å².